The molecule has 0 amide bonds. The largest absolute Gasteiger partial charge is 0.486 e. The van der Waals surface area contributed by atoms with Crippen molar-refractivity contribution in [3.8, 4) is 5.75 Å². The molecule has 0 radical (unpaired) electrons. The lowest BCUT2D eigenvalue weighted by Gasteiger charge is -2.41. The van der Waals surface area contributed by atoms with Crippen LogP contribution in [0.1, 0.15) is 70.3 Å². The Kier molecular flexibility index (Phi) is 3.57. The van der Waals surface area contributed by atoms with Gasteiger partial charge >= 0.3 is 0 Å². The van der Waals surface area contributed by atoms with Crippen LogP contribution in [0.4, 0.5) is 5.82 Å². The van der Waals surface area contributed by atoms with Gasteiger partial charge in [0.05, 0.1) is 11.7 Å². The maximum Gasteiger partial charge on any atom is 0.183 e. The predicted octanol–water partition coefficient (Wildman–Crippen LogP) is 3.47. The highest BCUT2D eigenvalue weighted by atomic mass is 16.5. The lowest BCUT2D eigenvalue weighted by molar-refractivity contribution is 0.233. The molecule has 0 aliphatic carbocycles. The maximum atomic E-state index is 6.05. The van der Waals surface area contributed by atoms with E-state index in [0.717, 1.165) is 36.2 Å². The molecule has 2 aliphatic heterocycles. The van der Waals surface area contributed by atoms with Crippen molar-refractivity contribution >= 4 is 5.82 Å². The topological polar surface area (TPSA) is 38.2 Å². The van der Waals surface area contributed by atoms with Gasteiger partial charge in [-0.1, -0.05) is 27.7 Å². The summed E-state index contributed by atoms with van der Waals surface area (Å²) in [7, 11) is 0. The van der Waals surface area contributed by atoms with E-state index in [4.69, 9.17) is 14.7 Å². The third-order valence-electron chi connectivity index (χ3n) is 4.27. The van der Waals surface area contributed by atoms with Gasteiger partial charge in [0, 0.05) is 12.5 Å². The molecule has 110 valence electrons. The van der Waals surface area contributed by atoms with Crippen molar-refractivity contribution in [2.75, 3.05) is 18.1 Å². The number of rotatable bonds is 2. The Balaban J connectivity index is 2.10. The van der Waals surface area contributed by atoms with E-state index in [1.54, 1.807) is 0 Å². The van der Waals surface area contributed by atoms with Crippen LogP contribution in [0, 0.1) is 0 Å². The zero-order chi connectivity index (χ0) is 14.3. The highest BCUT2D eigenvalue weighted by molar-refractivity contribution is 5.58. The fourth-order valence-electron chi connectivity index (χ4n) is 3.09. The number of fused-ring (bicyclic) bond motifs is 3. The van der Waals surface area contributed by atoms with E-state index in [1.807, 2.05) is 0 Å². The first-order valence-electron chi connectivity index (χ1n) is 7.89. The normalized spacial score (nSPS) is 21.7. The second-order valence-electron chi connectivity index (χ2n) is 6.58. The Labute approximate surface area is 121 Å². The van der Waals surface area contributed by atoms with E-state index >= 15 is 0 Å². The fraction of sp³-hybridized carbons (Fsp3) is 0.750. The molecular weight excluding hydrogens is 250 g/mol. The van der Waals surface area contributed by atoms with Gasteiger partial charge in [0.25, 0.3) is 0 Å². The SMILES string of the molecule is CC(C)c1nc(C(C)C)c2c(n1)N1CCCCC1CO2. The van der Waals surface area contributed by atoms with E-state index < -0.39 is 0 Å². The van der Waals surface area contributed by atoms with E-state index in [9.17, 15) is 0 Å². The molecule has 1 atom stereocenters. The molecule has 3 rings (SSSR count). The van der Waals surface area contributed by atoms with Crippen molar-refractivity contribution in [1.82, 2.24) is 9.97 Å². The summed E-state index contributed by atoms with van der Waals surface area (Å²) in [5.41, 5.74) is 1.07. The van der Waals surface area contributed by atoms with Gasteiger partial charge in [0.1, 0.15) is 12.4 Å². The monoisotopic (exact) mass is 275 g/mol. The molecular formula is C16H25N3O. The first-order chi connectivity index (χ1) is 9.58. The number of hydrogen-bond acceptors (Lipinski definition) is 4. The van der Waals surface area contributed by atoms with Gasteiger partial charge in [-0.2, -0.15) is 0 Å². The number of ether oxygens (including phenoxy) is 1. The Morgan fingerprint density at radius 2 is 1.90 bits per heavy atom. The molecule has 0 saturated carbocycles. The smallest absolute Gasteiger partial charge is 0.183 e. The first-order valence-corrected chi connectivity index (χ1v) is 7.89. The van der Waals surface area contributed by atoms with Crippen molar-refractivity contribution in [3.05, 3.63) is 11.5 Å². The molecule has 0 N–H and O–H groups in total. The van der Waals surface area contributed by atoms with Crippen molar-refractivity contribution in [2.45, 2.75) is 64.8 Å². The average Bonchev–Trinajstić information content (AvgIpc) is 2.45. The summed E-state index contributed by atoms with van der Waals surface area (Å²) in [4.78, 5) is 12.0. The van der Waals surface area contributed by atoms with Crippen LogP contribution in [-0.4, -0.2) is 29.2 Å². The van der Waals surface area contributed by atoms with E-state index in [2.05, 4.69) is 32.6 Å². The van der Waals surface area contributed by atoms with Crippen LogP contribution in [0.5, 0.6) is 5.75 Å². The number of aromatic nitrogens is 2. The van der Waals surface area contributed by atoms with Gasteiger partial charge in [-0.05, 0) is 25.2 Å². The second-order valence-corrected chi connectivity index (χ2v) is 6.58. The summed E-state index contributed by atoms with van der Waals surface area (Å²) in [6.45, 7) is 10.6. The quantitative estimate of drug-likeness (QED) is 0.828. The Bertz CT molecular complexity index is 499. The number of piperidine rings is 1. The molecule has 1 unspecified atom stereocenters. The summed E-state index contributed by atoms with van der Waals surface area (Å²) in [6, 6.07) is 0.506. The highest BCUT2D eigenvalue weighted by Gasteiger charge is 2.34. The highest BCUT2D eigenvalue weighted by Crippen LogP contribution is 2.40. The van der Waals surface area contributed by atoms with Crippen molar-refractivity contribution in [2.24, 2.45) is 0 Å². The van der Waals surface area contributed by atoms with Gasteiger partial charge in [-0.25, -0.2) is 9.97 Å². The molecule has 1 saturated heterocycles. The van der Waals surface area contributed by atoms with Crippen LogP contribution in [0.25, 0.3) is 0 Å². The minimum atomic E-state index is 0.350. The Morgan fingerprint density at radius 3 is 2.60 bits per heavy atom. The second kappa shape index (κ2) is 5.23. The zero-order valence-electron chi connectivity index (χ0n) is 13.0. The minimum absolute atomic E-state index is 0.350. The first kappa shape index (κ1) is 13.7. The molecule has 0 aromatic carbocycles. The summed E-state index contributed by atoms with van der Waals surface area (Å²) in [5, 5.41) is 0. The van der Waals surface area contributed by atoms with Gasteiger partial charge in [0.2, 0.25) is 0 Å². The lowest BCUT2D eigenvalue weighted by Crippen LogP contribution is -2.47. The van der Waals surface area contributed by atoms with Crippen molar-refractivity contribution in [3.63, 3.8) is 0 Å². The zero-order valence-corrected chi connectivity index (χ0v) is 13.0. The summed E-state index contributed by atoms with van der Waals surface area (Å²) in [5.74, 6) is 3.64. The molecule has 0 spiro atoms. The predicted molar refractivity (Wildman–Crippen MR) is 80.7 cm³/mol. The fourth-order valence-corrected chi connectivity index (χ4v) is 3.09. The molecule has 4 nitrogen and oxygen atoms in total. The summed E-state index contributed by atoms with van der Waals surface area (Å²) in [6.07, 6.45) is 3.78. The molecule has 0 bridgehead atoms. The molecule has 3 heterocycles. The van der Waals surface area contributed by atoms with Crippen LogP contribution < -0.4 is 9.64 Å². The molecule has 20 heavy (non-hydrogen) atoms. The number of nitrogens with zero attached hydrogens (tertiary/aromatic N) is 3. The lowest BCUT2D eigenvalue weighted by atomic mass is 10.00. The maximum absolute atomic E-state index is 6.05. The Hall–Kier alpha value is -1.32. The minimum Gasteiger partial charge on any atom is -0.486 e. The van der Waals surface area contributed by atoms with Gasteiger partial charge in [0.15, 0.2) is 11.6 Å². The van der Waals surface area contributed by atoms with Crippen LogP contribution in [0.2, 0.25) is 0 Å². The number of anilines is 1. The van der Waals surface area contributed by atoms with Crippen LogP contribution >= 0.6 is 0 Å². The number of hydrogen-bond donors (Lipinski definition) is 0. The van der Waals surface area contributed by atoms with Gasteiger partial charge in [-0.3, -0.25) is 0 Å². The summed E-state index contributed by atoms with van der Waals surface area (Å²) >= 11 is 0. The average molecular weight is 275 g/mol. The van der Waals surface area contributed by atoms with Crippen molar-refractivity contribution < 1.29 is 4.74 Å². The third kappa shape index (κ3) is 2.25. The molecule has 1 aromatic heterocycles. The van der Waals surface area contributed by atoms with E-state index in [0.29, 0.717) is 17.9 Å². The van der Waals surface area contributed by atoms with E-state index in [-0.39, 0.29) is 0 Å². The molecule has 4 heteroatoms. The van der Waals surface area contributed by atoms with Crippen LogP contribution in [-0.2, 0) is 0 Å². The summed E-state index contributed by atoms with van der Waals surface area (Å²) < 4.78 is 6.05. The molecule has 1 aromatic rings. The molecule has 1 fully saturated rings. The van der Waals surface area contributed by atoms with Crippen LogP contribution in [0.3, 0.4) is 0 Å². The third-order valence-corrected chi connectivity index (χ3v) is 4.27. The Morgan fingerprint density at radius 1 is 1.10 bits per heavy atom. The standard InChI is InChI=1S/C16H25N3O/c1-10(2)13-14-16(18-15(17-13)11(3)4)19-8-6-5-7-12(19)9-20-14/h10-12H,5-9H2,1-4H3. The van der Waals surface area contributed by atoms with Crippen LogP contribution in [0.15, 0.2) is 0 Å². The van der Waals surface area contributed by atoms with E-state index in [1.165, 1.54) is 19.3 Å². The van der Waals surface area contributed by atoms with Gasteiger partial charge in [-0.15, -0.1) is 0 Å². The van der Waals surface area contributed by atoms with Crippen molar-refractivity contribution in [1.29, 1.82) is 0 Å². The molecule has 2 aliphatic rings. The van der Waals surface area contributed by atoms with Gasteiger partial charge < -0.3 is 9.64 Å².